The molecule has 0 unspecified atom stereocenters. The second-order valence-corrected chi connectivity index (χ2v) is 5.97. The Hall–Kier alpha value is -2.12. The Labute approximate surface area is 136 Å². The van der Waals surface area contributed by atoms with Gasteiger partial charge in [0.1, 0.15) is 6.33 Å². The van der Waals surface area contributed by atoms with Gasteiger partial charge < -0.3 is 20.1 Å². The molecule has 23 heavy (non-hydrogen) atoms. The molecule has 2 heterocycles. The molecule has 0 bridgehead atoms. The molecular formula is C15H26N6O2. The maximum atomic E-state index is 11.9. The second kappa shape index (κ2) is 8.50. The van der Waals surface area contributed by atoms with Crippen LogP contribution in [0.5, 0.6) is 0 Å². The van der Waals surface area contributed by atoms with Gasteiger partial charge in [0, 0.05) is 33.1 Å². The van der Waals surface area contributed by atoms with E-state index >= 15 is 0 Å². The highest BCUT2D eigenvalue weighted by Gasteiger charge is 2.16. The number of nitrogens with zero attached hydrogens (tertiary/aromatic N) is 4. The Morgan fingerprint density at radius 1 is 1.39 bits per heavy atom. The summed E-state index contributed by atoms with van der Waals surface area (Å²) in [6.07, 6.45) is 6.22. The number of hydrogen-bond acceptors (Lipinski definition) is 4. The predicted molar refractivity (Wildman–Crippen MR) is 85.6 cm³/mol. The minimum Gasteiger partial charge on any atom is -0.343 e. The summed E-state index contributed by atoms with van der Waals surface area (Å²) in [5.41, 5.74) is 0. The molecule has 128 valence electrons. The summed E-state index contributed by atoms with van der Waals surface area (Å²) in [6, 6.07) is -0.447. The molecule has 0 aromatic carbocycles. The number of nitrogens with one attached hydrogen (secondary N) is 2. The van der Waals surface area contributed by atoms with Crippen LogP contribution in [0.1, 0.15) is 50.9 Å². The lowest BCUT2D eigenvalue weighted by molar-refractivity contribution is -0.130. The van der Waals surface area contributed by atoms with Gasteiger partial charge in [-0.05, 0) is 26.2 Å². The minimum absolute atomic E-state index is 0.213. The highest BCUT2D eigenvalue weighted by molar-refractivity contribution is 5.76. The third-order valence-electron chi connectivity index (χ3n) is 4.04. The van der Waals surface area contributed by atoms with Crippen LogP contribution in [0.25, 0.3) is 0 Å². The van der Waals surface area contributed by atoms with Crippen LogP contribution in [0.2, 0.25) is 0 Å². The molecule has 2 N–H and O–H groups in total. The van der Waals surface area contributed by atoms with E-state index in [4.69, 9.17) is 0 Å². The highest BCUT2D eigenvalue weighted by atomic mass is 16.2. The summed E-state index contributed by atoms with van der Waals surface area (Å²) in [5.74, 6) is 0.943. The van der Waals surface area contributed by atoms with Gasteiger partial charge in [0.15, 0.2) is 5.82 Å². The summed E-state index contributed by atoms with van der Waals surface area (Å²) in [4.78, 5) is 25.6. The summed E-state index contributed by atoms with van der Waals surface area (Å²) in [7, 11) is 1.84. The van der Waals surface area contributed by atoms with Crippen LogP contribution in [0.15, 0.2) is 6.33 Å². The number of rotatable bonds is 6. The fraction of sp³-hybridized carbons (Fsp3) is 0.733. The van der Waals surface area contributed by atoms with E-state index in [1.165, 1.54) is 0 Å². The van der Waals surface area contributed by atoms with Crippen molar-refractivity contribution in [3.05, 3.63) is 12.2 Å². The van der Waals surface area contributed by atoms with Crippen LogP contribution in [0, 0.1) is 0 Å². The van der Waals surface area contributed by atoms with Crippen LogP contribution >= 0.6 is 0 Å². The molecule has 1 fully saturated rings. The molecule has 1 atom stereocenters. The third-order valence-corrected chi connectivity index (χ3v) is 4.04. The molecule has 1 aromatic rings. The van der Waals surface area contributed by atoms with Crippen molar-refractivity contribution in [3.63, 3.8) is 0 Å². The molecule has 0 radical (unpaired) electrons. The summed E-state index contributed by atoms with van der Waals surface area (Å²) in [6.45, 7) is 3.95. The standard InChI is InChI=1S/C15H26N6O2/c1-12(14-19-17-11-20(14)2)18-15(23)16-8-6-10-21-9-5-3-4-7-13(21)22/h11-12H,3-10H2,1-2H3,(H2,16,18,23)/t12-/m0/s1. The smallest absolute Gasteiger partial charge is 0.315 e. The molecule has 1 aromatic heterocycles. The molecule has 1 saturated heterocycles. The quantitative estimate of drug-likeness (QED) is 0.763. The van der Waals surface area contributed by atoms with Gasteiger partial charge in [0.2, 0.25) is 5.91 Å². The van der Waals surface area contributed by atoms with E-state index in [9.17, 15) is 9.59 Å². The Balaban J connectivity index is 1.65. The van der Waals surface area contributed by atoms with Crippen molar-refractivity contribution >= 4 is 11.9 Å². The number of amides is 3. The van der Waals surface area contributed by atoms with Gasteiger partial charge in [-0.15, -0.1) is 10.2 Å². The van der Waals surface area contributed by atoms with Gasteiger partial charge in [0.25, 0.3) is 0 Å². The highest BCUT2D eigenvalue weighted by Crippen LogP contribution is 2.11. The van der Waals surface area contributed by atoms with Crippen molar-refractivity contribution in [3.8, 4) is 0 Å². The lowest BCUT2D eigenvalue weighted by Gasteiger charge is -2.20. The van der Waals surface area contributed by atoms with Gasteiger partial charge in [0.05, 0.1) is 6.04 Å². The van der Waals surface area contributed by atoms with Crippen LogP contribution in [0.3, 0.4) is 0 Å². The van der Waals surface area contributed by atoms with Crippen molar-refractivity contribution < 1.29 is 9.59 Å². The molecule has 0 saturated carbocycles. The largest absolute Gasteiger partial charge is 0.343 e. The molecule has 1 aliphatic rings. The van der Waals surface area contributed by atoms with Crippen LogP contribution < -0.4 is 10.6 Å². The topological polar surface area (TPSA) is 92.2 Å². The first kappa shape index (κ1) is 17.2. The number of carbonyl (C=O) groups excluding carboxylic acids is 2. The molecule has 0 spiro atoms. The van der Waals surface area contributed by atoms with E-state index in [0.717, 1.165) is 32.2 Å². The maximum Gasteiger partial charge on any atom is 0.315 e. The van der Waals surface area contributed by atoms with Crippen molar-refractivity contribution in [1.82, 2.24) is 30.3 Å². The lowest BCUT2D eigenvalue weighted by atomic mass is 10.2. The van der Waals surface area contributed by atoms with E-state index < -0.39 is 0 Å². The molecule has 8 heteroatoms. The molecular weight excluding hydrogens is 296 g/mol. The first-order chi connectivity index (χ1) is 11.1. The molecule has 3 amide bonds. The summed E-state index contributed by atoms with van der Waals surface area (Å²) < 4.78 is 1.77. The average molecular weight is 322 g/mol. The zero-order chi connectivity index (χ0) is 16.7. The van der Waals surface area contributed by atoms with Crippen LogP contribution in [0.4, 0.5) is 4.79 Å². The minimum atomic E-state index is -0.234. The number of carbonyl (C=O) groups is 2. The first-order valence-corrected chi connectivity index (χ1v) is 8.24. The molecule has 8 nitrogen and oxygen atoms in total. The average Bonchev–Trinajstić information content (AvgIpc) is 2.84. The molecule has 1 aliphatic heterocycles. The van der Waals surface area contributed by atoms with Crippen molar-refractivity contribution in [1.29, 1.82) is 0 Å². The van der Waals surface area contributed by atoms with E-state index in [1.807, 2.05) is 18.9 Å². The number of aryl methyl sites for hydroxylation is 1. The van der Waals surface area contributed by atoms with Gasteiger partial charge in [-0.3, -0.25) is 4.79 Å². The fourth-order valence-corrected chi connectivity index (χ4v) is 2.74. The van der Waals surface area contributed by atoms with E-state index in [0.29, 0.717) is 25.3 Å². The monoisotopic (exact) mass is 322 g/mol. The van der Waals surface area contributed by atoms with Crippen LogP contribution in [-0.2, 0) is 11.8 Å². The Morgan fingerprint density at radius 2 is 2.22 bits per heavy atom. The summed E-state index contributed by atoms with van der Waals surface area (Å²) in [5, 5.41) is 13.4. The Morgan fingerprint density at radius 3 is 2.96 bits per heavy atom. The molecule has 2 rings (SSSR count). The second-order valence-electron chi connectivity index (χ2n) is 5.97. The number of likely N-dealkylation sites (tertiary alicyclic amines) is 1. The fourth-order valence-electron chi connectivity index (χ4n) is 2.74. The number of aromatic nitrogens is 3. The van der Waals surface area contributed by atoms with E-state index in [1.54, 1.807) is 10.9 Å². The number of hydrogen-bond donors (Lipinski definition) is 2. The van der Waals surface area contributed by atoms with E-state index in [-0.39, 0.29) is 18.0 Å². The SMILES string of the molecule is C[C@H](NC(=O)NCCCN1CCCCCC1=O)c1nncn1C. The first-order valence-electron chi connectivity index (χ1n) is 8.24. The van der Waals surface area contributed by atoms with Gasteiger partial charge in [-0.2, -0.15) is 0 Å². The predicted octanol–water partition coefficient (Wildman–Crippen LogP) is 0.968. The van der Waals surface area contributed by atoms with Crippen molar-refractivity contribution in [2.24, 2.45) is 7.05 Å². The van der Waals surface area contributed by atoms with Gasteiger partial charge in [-0.1, -0.05) is 6.42 Å². The third kappa shape index (κ3) is 5.22. The lowest BCUT2D eigenvalue weighted by Crippen LogP contribution is -2.39. The van der Waals surface area contributed by atoms with E-state index in [2.05, 4.69) is 20.8 Å². The van der Waals surface area contributed by atoms with Crippen molar-refractivity contribution in [2.45, 2.75) is 45.1 Å². The van der Waals surface area contributed by atoms with Crippen molar-refractivity contribution in [2.75, 3.05) is 19.6 Å². The van der Waals surface area contributed by atoms with Gasteiger partial charge >= 0.3 is 6.03 Å². The Kier molecular flexibility index (Phi) is 6.37. The normalized spacial score (nSPS) is 16.8. The Bertz CT molecular complexity index is 530. The maximum absolute atomic E-state index is 11.9. The number of urea groups is 1. The zero-order valence-electron chi connectivity index (χ0n) is 13.9. The summed E-state index contributed by atoms with van der Waals surface area (Å²) >= 11 is 0. The van der Waals surface area contributed by atoms with Crippen LogP contribution in [-0.4, -0.2) is 51.2 Å². The molecule has 0 aliphatic carbocycles. The van der Waals surface area contributed by atoms with Gasteiger partial charge in [-0.25, -0.2) is 4.79 Å². The zero-order valence-corrected chi connectivity index (χ0v) is 13.9.